The minimum absolute atomic E-state index is 0.272. The number of likely N-dealkylation sites (N-methyl/N-ethyl adjacent to an activating group) is 1. The van der Waals surface area contributed by atoms with Gasteiger partial charge in [-0.05, 0) is 18.9 Å². The Bertz CT molecular complexity index is 186. The Morgan fingerprint density at radius 3 is 2.69 bits per heavy atom. The summed E-state index contributed by atoms with van der Waals surface area (Å²) in [6, 6.07) is 0.494. The predicted octanol–water partition coefficient (Wildman–Crippen LogP) is 1.96. The zero-order valence-electron chi connectivity index (χ0n) is 10.4. The number of ether oxygens (including phenoxy) is 2. The summed E-state index contributed by atoms with van der Waals surface area (Å²) >= 11 is 0. The van der Waals surface area contributed by atoms with Crippen LogP contribution in [0.25, 0.3) is 0 Å². The highest BCUT2D eigenvalue weighted by Gasteiger charge is 2.28. The van der Waals surface area contributed by atoms with Crippen molar-refractivity contribution >= 4 is 0 Å². The van der Waals surface area contributed by atoms with Crippen molar-refractivity contribution in [2.24, 2.45) is 5.92 Å². The minimum Gasteiger partial charge on any atom is -0.376 e. The molecule has 0 aromatic rings. The molecule has 1 aliphatic heterocycles. The lowest BCUT2D eigenvalue weighted by atomic mass is 9.95. The number of hydrogen-bond donors (Lipinski definition) is 1. The van der Waals surface area contributed by atoms with Crippen LogP contribution in [0.4, 0.5) is 0 Å². The predicted molar refractivity (Wildman–Crippen MR) is 64.6 cm³/mol. The summed E-state index contributed by atoms with van der Waals surface area (Å²) in [5.74, 6) is 0.912. The van der Waals surface area contributed by atoms with Crippen molar-refractivity contribution in [3.05, 3.63) is 0 Å². The molecule has 0 aromatic carbocycles. The van der Waals surface area contributed by atoms with E-state index in [0.717, 1.165) is 32.3 Å². The standard InChI is InChI=1S/C13H25NO2/c1-2-14-12(9-11-5-3-4-6-11)13-10-15-7-8-16-13/h11-14H,2-10H2,1H3. The van der Waals surface area contributed by atoms with Crippen LogP contribution in [0, 0.1) is 5.92 Å². The van der Waals surface area contributed by atoms with Gasteiger partial charge < -0.3 is 14.8 Å². The third-order valence-electron chi connectivity index (χ3n) is 3.82. The highest BCUT2D eigenvalue weighted by molar-refractivity contribution is 4.82. The first-order valence-electron chi connectivity index (χ1n) is 6.83. The normalized spacial score (nSPS) is 29.4. The lowest BCUT2D eigenvalue weighted by Crippen LogP contribution is -2.47. The largest absolute Gasteiger partial charge is 0.376 e. The molecule has 0 amide bonds. The van der Waals surface area contributed by atoms with Gasteiger partial charge in [0, 0.05) is 6.04 Å². The Balaban J connectivity index is 1.82. The van der Waals surface area contributed by atoms with Crippen molar-refractivity contribution in [1.29, 1.82) is 0 Å². The topological polar surface area (TPSA) is 30.5 Å². The summed E-state index contributed by atoms with van der Waals surface area (Å²) in [4.78, 5) is 0. The summed E-state index contributed by atoms with van der Waals surface area (Å²) in [6.45, 7) is 5.49. The zero-order chi connectivity index (χ0) is 11.2. The molecule has 2 fully saturated rings. The van der Waals surface area contributed by atoms with Gasteiger partial charge in [-0.25, -0.2) is 0 Å². The molecule has 1 aliphatic carbocycles. The molecule has 2 rings (SSSR count). The molecular weight excluding hydrogens is 202 g/mol. The SMILES string of the molecule is CCNC(CC1CCCC1)C1COCCO1. The van der Waals surface area contributed by atoms with Crippen LogP contribution in [0.15, 0.2) is 0 Å². The number of nitrogens with one attached hydrogen (secondary N) is 1. The van der Waals surface area contributed by atoms with Crippen LogP contribution in [-0.2, 0) is 9.47 Å². The molecule has 3 heteroatoms. The van der Waals surface area contributed by atoms with E-state index in [1.807, 2.05) is 0 Å². The molecule has 94 valence electrons. The average Bonchev–Trinajstić information content (AvgIpc) is 2.83. The number of rotatable bonds is 5. The van der Waals surface area contributed by atoms with Gasteiger partial charge in [0.1, 0.15) is 0 Å². The van der Waals surface area contributed by atoms with Crippen molar-refractivity contribution in [2.45, 2.75) is 51.2 Å². The maximum atomic E-state index is 5.82. The number of hydrogen-bond acceptors (Lipinski definition) is 3. The van der Waals surface area contributed by atoms with Gasteiger partial charge in [0.25, 0.3) is 0 Å². The molecule has 16 heavy (non-hydrogen) atoms. The Kier molecular flexibility index (Phi) is 5.07. The van der Waals surface area contributed by atoms with Gasteiger partial charge in [-0.15, -0.1) is 0 Å². The molecule has 3 nitrogen and oxygen atoms in total. The van der Waals surface area contributed by atoms with Crippen LogP contribution < -0.4 is 5.32 Å². The monoisotopic (exact) mass is 227 g/mol. The first-order chi connectivity index (χ1) is 7.90. The van der Waals surface area contributed by atoms with E-state index in [1.54, 1.807) is 0 Å². The lowest BCUT2D eigenvalue weighted by molar-refractivity contribution is -0.103. The summed E-state index contributed by atoms with van der Waals surface area (Å²) in [7, 11) is 0. The summed E-state index contributed by atoms with van der Waals surface area (Å²) in [6.07, 6.45) is 7.21. The fraction of sp³-hybridized carbons (Fsp3) is 1.00. The fourth-order valence-electron chi connectivity index (χ4n) is 2.97. The van der Waals surface area contributed by atoms with E-state index in [9.17, 15) is 0 Å². The molecule has 0 bridgehead atoms. The van der Waals surface area contributed by atoms with E-state index >= 15 is 0 Å². The van der Waals surface area contributed by atoms with Gasteiger partial charge in [0.05, 0.1) is 25.9 Å². The fourth-order valence-corrected chi connectivity index (χ4v) is 2.97. The molecular formula is C13H25NO2. The first kappa shape index (κ1) is 12.3. The highest BCUT2D eigenvalue weighted by Crippen LogP contribution is 2.29. The van der Waals surface area contributed by atoms with Crippen molar-refractivity contribution < 1.29 is 9.47 Å². The molecule has 1 N–H and O–H groups in total. The van der Waals surface area contributed by atoms with Crippen LogP contribution in [-0.4, -0.2) is 38.5 Å². The molecule has 0 spiro atoms. The second kappa shape index (κ2) is 6.58. The van der Waals surface area contributed by atoms with E-state index in [2.05, 4.69) is 12.2 Å². The van der Waals surface area contributed by atoms with Crippen LogP contribution in [0.1, 0.15) is 39.0 Å². The van der Waals surface area contributed by atoms with Gasteiger partial charge in [0.15, 0.2) is 0 Å². The highest BCUT2D eigenvalue weighted by atomic mass is 16.6. The van der Waals surface area contributed by atoms with E-state index in [4.69, 9.17) is 9.47 Å². The van der Waals surface area contributed by atoms with E-state index < -0.39 is 0 Å². The second-order valence-corrected chi connectivity index (χ2v) is 5.03. The Hall–Kier alpha value is -0.120. The van der Waals surface area contributed by atoms with Crippen LogP contribution in [0.2, 0.25) is 0 Å². The minimum atomic E-state index is 0.272. The van der Waals surface area contributed by atoms with Gasteiger partial charge in [-0.3, -0.25) is 0 Å². The van der Waals surface area contributed by atoms with Crippen LogP contribution >= 0.6 is 0 Å². The maximum absolute atomic E-state index is 5.82. The first-order valence-corrected chi connectivity index (χ1v) is 6.83. The third kappa shape index (κ3) is 3.44. The summed E-state index contributed by atoms with van der Waals surface area (Å²) < 4.78 is 11.3. The third-order valence-corrected chi connectivity index (χ3v) is 3.82. The molecule has 0 radical (unpaired) electrons. The van der Waals surface area contributed by atoms with Crippen molar-refractivity contribution in [3.63, 3.8) is 0 Å². The quantitative estimate of drug-likeness (QED) is 0.779. The Morgan fingerprint density at radius 2 is 2.06 bits per heavy atom. The molecule has 1 saturated carbocycles. The smallest absolute Gasteiger partial charge is 0.0962 e. The molecule has 2 atom stereocenters. The van der Waals surface area contributed by atoms with Crippen LogP contribution in [0.5, 0.6) is 0 Å². The average molecular weight is 227 g/mol. The molecule has 0 aromatic heterocycles. The lowest BCUT2D eigenvalue weighted by Gasteiger charge is -2.32. The maximum Gasteiger partial charge on any atom is 0.0962 e. The van der Waals surface area contributed by atoms with E-state index in [1.165, 1.54) is 32.1 Å². The van der Waals surface area contributed by atoms with Gasteiger partial charge >= 0.3 is 0 Å². The van der Waals surface area contributed by atoms with Gasteiger partial charge in [0.2, 0.25) is 0 Å². The zero-order valence-corrected chi connectivity index (χ0v) is 10.4. The summed E-state index contributed by atoms with van der Waals surface area (Å²) in [5.41, 5.74) is 0. The van der Waals surface area contributed by atoms with Gasteiger partial charge in [-0.2, -0.15) is 0 Å². The van der Waals surface area contributed by atoms with Crippen molar-refractivity contribution in [3.8, 4) is 0 Å². The van der Waals surface area contributed by atoms with E-state index in [0.29, 0.717) is 6.04 Å². The molecule has 2 aliphatic rings. The van der Waals surface area contributed by atoms with Crippen LogP contribution in [0.3, 0.4) is 0 Å². The Labute approximate surface area is 98.9 Å². The molecule has 1 saturated heterocycles. The second-order valence-electron chi connectivity index (χ2n) is 5.03. The van der Waals surface area contributed by atoms with E-state index in [-0.39, 0.29) is 6.10 Å². The molecule has 1 heterocycles. The molecule has 2 unspecified atom stereocenters. The summed E-state index contributed by atoms with van der Waals surface area (Å²) in [5, 5.41) is 3.57. The van der Waals surface area contributed by atoms with Crippen molar-refractivity contribution in [1.82, 2.24) is 5.32 Å². The van der Waals surface area contributed by atoms with Gasteiger partial charge in [-0.1, -0.05) is 32.6 Å². The Morgan fingerprint density at radius 1 is 1.25 bits per heavy atom. The van der Waals surface area contributed by atoms with Crippen molar-refractivity contribution in [2.75, 3.05) is 26.4 Å².